The van der Waals surface area contributed by atoms with Crippen LogP contribution in [0.15, 0.2) is 0 Å². The largest absolute Gasteiger partial charge is 0.370 e. The van der Waals surface area contributed by atoms with Gasteiger partial charge in [-0.25, -0.2) is 0 Å². The van der Waals surface area contributed by atoms with E-state index in [-0.39, 0.29) is 0 Å². The highest BCUT2D eigenvalue weighted by atomic mass is 16.6. The molecule has 0 aromatic rings. The second-order valence-corrected chi connectivity index (χ2v) is 5.57. The monoisotopic (exact) mass is 194 g/mol. The van der Waals surface area contributed by atoms with E-state index in [9.17, 15) is 0 Å². The second kappa shape index (κ2) is 2.73. The lowest BCUT2D eigenvalue weighted by Crippen LogP contribution is -2.49. The summed E-state index contributed by atoms with van der Waals surface area (Å²) >= 11 is 0. The van der Waals surface area contributed by atoms with Gasteiger partial charge in [0.2, 0.25) is 0 Å². The zero-order chi connectivity index (χ0) is 9.12. The van der Waals surface area contributed by atoms with Crippen LogP contribution in [0.3, 0.4) is 0 Å². The molecule has 6 atom stereocenters. The van der Waals surface area contributed by atoms with Gasteiger partial charge >= 0.3 is 0 Å². The van der Waals surface area contributed by atoms with Crippen LogP contribution >= 0.6 is 0 Å². The number of ether oxygens (including phenoxy) is 2. The molecule has 2 saturated carbocycles. The minimum absolute atomic E-state index is 0.448. The summed E-state index contributed by atoms with van der Waals surface area (Å²) in [6, 6.07) is 0. The van der Waals surface area contributed by atoms with E-state index in [1.165, 1.54) is 38.5 Å². The van der Waals surface area contributed by atoms with Gasteiger partial charge in [-0.1, -0.05) is 0 Å². The molecule has 0 N–H and O–H groups in total. The molecule has 0 amide bonds. The van der Waals surface area contributed by atoms with Crippen molar-refractivity contribution < 1.29 is 9.47 Å². The van der Waals surface area contributed by atoms with Crippen molar-refractivity contribution in [3.05, 3.63) is 0 Å². The maximum absolute atomic E-state index is 6.19. The van der Waals surface area contributed by atoms with E-state index in [4.69, 9.17) is 9.47 Å². The predicted molar refractivity (Wildman–Crippen MR) is 52.0 cm³/mol. The molecule has 14 heavy (non-hydrogen) atoms. The zero-order valence-electron chi connectivity index (χ0n) is 8.52. The average molecular weight is 194 g/mol. The van der Waals surface area contributed by atoms with Crippen molar-refractivity contribution >= 4 is 0 Å². The molecule has 2 aliphatic carbocycles. The lowest BCUT2D eigenvalue weighted by Gasteiger charge is -2.43. The lowest BCUT2D eigenvalue weighted by molar-refractivity contribution is -0.229. The minimum atomic E-state index is 0.448. The van der Waals surface area contributed by atoms with E-state index in [0.717, 1.165) is 11.8 Å². The summed E-state index contributed by atoms with van der Waals surface area (Å²) in [5.74, 6) is 1.92. The van der Waals surface area contributed by atoms with Crippen LogP contribution in [-0.2, 0) is 9.47 Å². The summed E-state index contributed by atoms with van der Waals surface area (Å²) in [7, 11) is 0. The van der Waals surface area contributed by atoms with Gasteiger partial charge in [-0.15, -0.1) is 0 Å². The molecule has 4 fully saturated rings. The Labute approximate surface area is 85.0 Å². The highest BCUT2D eigenvalue weighted by molar-refractivity contribution is 4.98. The molecular formula is C12H18O2. The maximum atomic E-state index is 6.19. The molecule has 0 radical (unpaired) electrons. The summed E-state index contributed by atoms with van der Waals surface area (Å²) in [6.45, 7) is 0. The Morgan fingerprint density at radius 3 is 1.64 bits per heavy atom. The van der Waals surface area contributed by atoms with Gasteiger partial charge in [0.15, 0.2) is 0 Å². The van der Waals surface area contributed by atoms with Gasteiger partial charge in [-0.05, 0) is 50.4 Å². The van der Waals surface area contributed by atoms with Crippen molar-refractivity contribution in [2.45, 2.75) is 62.9 Å². The SMILES string of the molecule is C1CC2OC3CCC4CC3OC2CC14. The van der Waals surface area contributed by atoms with Crippen LogP contribution in [0.4, 0.5) is 0 Å². The van der Waals surface area contributed by atoms with E-state index in [1.807, 2.05) is 0 Å². The fraction of sp³-hybridized carbons (Fsp3) is 1.00. The standard InChI is InChI=1S/C12H18O2/c1-3-9-11-5-7(1)8-2-4-10(13-9)12(6-8)14-11/h7-12H,1-6H2. The zero-order valence-corrected chi connectivity index (χ0v) is 8.52. The van der Waals surface area contributed by atoms with Crippen LogP contribution in [-0.4, -0.2) is 24.4 Å². The second-order valence-electron chi connectivity index (χ2n) is 5.57. The highest BCUT2D eigenvalue weighted by Crippen LogP contribution is 2.48. The molecular weight excluding hydrogens is 176 g/mol. The lowest BCUT2D eigenvalue weighted by atomic mass is 9.73. The molecule has 78 valence electrons. The summed E-state index contributed by atoms with van der Waals surface area (Å²) < 4.78 is 12.4. The third kappa shape index (κ3) is 0.989. The fourth-order valence-corrected chi connectivity index (χ4v) is 4.17. The van der Waals surface area contributed by atoms with Crippen molar-refractivity contribution in [1.82, 2.24) is 0 Å². The molecule has 2 heteroatoms. The molecule has 6 unspecified atom stereocenters. The molecule has 2 nitrogen and oxygen atoms in total. The first-order valence-corrected chi connectivity index (χ1v) is 6.21. The van der Waals surface area contributed by atoms with Gasteiger partial charge in [-0.3, -0.25) is 0 Å². The smallest absolute Gasteiger partial charge is 0.0844 e. The molecule has 4 bridgehead atoms. The van der Waals surface area contributed by atoms with Crippen LogP contribution in [0.2, 0.25) is 0 Å². The maximum Gasteiger partial charge on any atom is 0.0844 e. The van der Waals surface area contributed by atoms with Gasteiger partial charge in [0, 0.05) is 0 Å². The van der Waals surface area contributed by atoms with Crippen molar-refractivity contribution in [1.29, 1.82) is 0 Å². The van der Waals surface area contributed by atoms with E-state index >= 15 is 0 Å². The molecule has 0 spiro atoms. The van der Waals surface area contributed by atoms with Crippen LogP contribution in [0, 0.1) is 11.8 Å². The van der Waals surface area contributed by atoms with Crippen molar-refractivity contribution in [2.24, 2.45) is 11.8 Å². The topological polar surface area (TPSA) is 18.5 Å². The van der Waals surface area contributed by atoms with Crippen LogP contribution < -0.4 is 0 Å². The number of rotatable bonds is 0. The number of hydrogen-bond donors (Lipinski definition) is 0. The third-order valence-electron chi connectivity index (χ3n) is 4.91. The summed E-state index contributed by atoms with van der Waals surface area (Å²) in [4.78, 5) is 0. The van der Waals surface area contributed by atoms with E-state index in [0.29, 0.717) is 24.4 Å². The van der Waals surface area contributed by atoms with Crippen molar-refractivity contribution in [3.8, 4) is 0 Å². The summed E-state index contributed by atoms with van der Waals surface area (Å²) in [6.07, 6.45) is 9.70. The van der Waals surface area contributed by atoms with Crippen molar-refractivity contribution in [2.75, 3.05) is 0 Å². The molecule has 2 aliphatic heterocycles. The average Bonchev–Trinajstić information content (AvgIpc) is 2.34. The minimum Gasteiger partial charge on any atom is -0.370 e. The first kappa shape index (κ1) is 8.12. The fourth-order valence-electron chi connectivity index (χ4n) is 4.17. The highest BCUT2D eigenvalue weighted by Gasteiger charge is 2.50. The van der Waals surface area contributed by atoms with Gasteiger partial charge in [0.1, 0.15) is 0 Å². The Balaban J connectivity index is 1.77. The first-order valence-electron chi connectivity index (χ1n) is 6.21. The van der Waals surface area contributed by atoms with Crippen LogP contribution in [0.1, 0.15) is 38.5 Å². The Kier molecular flexibility index (Phi) is 1.58. The Bertz CT molecular complexity index is 222. The first-order chi connectivity index (χ1) is 6.90. The molecule has 0 aromatic carbocycles. The van der Waals surface area contributed by atoms with Gasteiger partial charge < -0.3 is 9.47 Å². The predicted octanol–water partition coefficient (Wildman–Crippen LogP) is 2.12. The van der Waals surface area contributed by atoms with Gasteiger partial charge in [0.25, 0.3) is 0 Å². The van der Waals surface area contributed by atoms with E-state index < -0.39 is 0 Å². The van der Waals surface area contributed by atoms with E-state index in [1.54, 1.807) is 0 Å². The summed E-state index contributed by atoms with van der Waals surface area (Å²) in [5.41, 5.74) is 0. The number of hydrogen-bond acceptors (Lipinski definition) is 2. The normalized spacial score (nSPS) is 60.0. The molecule has 2 saturated heterocycles. The molecule has 2 heterocycles. The van der Waals surface area contributed by atoms with Crippen molar-refractivity contribution in [3.63, 3.8) is 0 Å². The van der Waals surface area contributed by atoms with Gasteiger partial charge in [0.05, 0.1) is 24.4 Å². The van der Waals surface area contributed by atoms with Crippen LogP contribution in [0.25, 0.3) is 0 Å². The Morgan fingerprint density at radius 1 is 0.571 bits per heavy atom. The number of fused-ring (bicyclic) bond motifs is 3. The van der Waals surface area contributed by atoms with E-state index in [2.05, 4.69) is 0 Å². The van der Waals surface area contributed by atoms with Gasteiger partial charge in [-0.2, -0.15) is 0 Å². The quantitative estimate of drug-likeness (QED) is 0.588. The molecule has 0 aromatic heterocycles. The Morgan fingerprint density at radius 2 is 1.07 bits per heavy atom. The third-order valence-corrected chi connectivity index (χ3v) is 4.91. The Hall–Kier alpha value is -0.0800. The van der Waals surface area contributed by atoms with Crippen LogP contribution in [0.5, 0.6) is 0 Å². The molecule has 4 rings (SSSR count). The molecule has 4 aliphatic rings. The summed E-state index contributed by atoms with van der Waals surface area (Å²) in [5, 5.41) is 0.